The quantitative estimate of drug-likeness (QED) is 0.867. The molecule has 2 fully saturated rings. The second kappa shape index (κ2) is 6.74. The maximum atomic E-state index is 12.5. The van der Waals surface area contributed by atoms with Crippen molar-refractivity contribution in [3.63, 3.8) is 0 Å². The number of aromatic nitrogens is 3. The third kappa shape index (κ3) is 3.20. The summed E-state index contributed by atoms with van der Waals surface area (Å²) >= 11 is 0. The molecule has 2 saturated heterocycles. The first-order chi connectivity index (χ1) is 11.8. The molecule has 0 aliphatic carbocycles. The lowest BCUT2D eigenvalue weighted by atomic mass is 10.1. The van der Waals surface area contributed by atoms with Gasteiger partial charge in [-0.15, -0.1) is 0 Å². The predicted molar refractivity (Wildman–Crippen MR) is 86.9 cm³/mol. The van der Waals surface area contributed by atoms with E-state index in [1.807, 2.05) is 18.3 Å². The summed E-state index contributed by atoms with van der Waals surface area (Å²) in [7, 11) is 0. The highest BCUT2D eigenvalue weighted by molar-refractivity contribution is 5.82. The van der Waals surface area contributed by atoms with Gasteiger partial charge in [-0.25, -0.2) is 9.50 Å². The van der Waals surface area contributed by atoms with Crippen molar-refractivity contribution >= 4 is 17.4 Å². The number of morpholine rings is 1. The monoisotopic (exact) mass is 331 g/mol. The Bertz CT molecular complexity index is 713. The molecule has 24 heavy (non-hydrogen) atoms. The fourth-order valence-electron chi connectivity index (χ4n) is 3.13. The molecule has 4 heterocycles. The smallest absolute Gasteiger partial charge is 0.251 e. The van der Waals surface area contributed by atoms with Crippen LogP contribution in [0.4, 0.5) is 5.82 Å². The largest absolute Gasteiger partial charge is 0.381 e. The zero-order valence-corrected chi connectivity index (χ0v) is 13.4. The summed E-state index contributed by atoms with van der Waals surface area (Å²) in [5.74, 6) is 0.798. The van der Waals surface area contributed by atoms with E-state index in [4.69, 9.17) is 9.47 Å². The van der Waals surface area contributed by atoms with Crippen molar-refractivity contribution in [1.82, 2.24) is 19.9 Å². The molecular formula is C16H21N5O3. The molecule has 2 aromatic rings. The molecule has 0 bridgehead atoms. The van der Waals surface area contributed by atoms with Crippen molar-refractivity contribution < 1.29 is 14.3 Å². The van der Waals surface area contributed by atoms with E-state index in [9.17, 15) is 4.79 Å². The van der Waals surface area contributed by atoms with Crippen LogP contribution in [0, 0.1) is 0 Å². The molecule has 0 aromatic carbocycles. The summed E-state index contributed by atoms with van der Waals surface area (Å²) in [5, 5.41) is 7.23. The molecule has 1 atom stereocenters. The lowest BCUT2D eigenvalue weighted by Crippen LogP contribution is -2.52. The molecule has 2 aliphatic heterocycles. The average molecular weight is 331 g/mol. The molecular weight excluding hydrogens is 310 g/mol. The van der Waals surface area contributed by atoms with Crippen molar-refractivity contribution in [2.24, 2.45) is 0 Å². The number of fused-ring (bicyclic) bond motifs is 1. The predicted octanol–water partition coefficient (Wildman–Crippen LogP) is 0.230. The highest BCUT2D eigenvalue weighted by atomic mass is 16.5. The minimum atomic E-state index is -0.468. The fourth-order valence-corrected chi connectivity index (χ4v) is 3.13. The number of amides is 1. The van der Waals surface area contributed by atoms with Crippen LogP contribution in [-0.2, 0) is 14.3 Å². The molecule has 0 radical (unpaired) electrons. The topological polar surface area (TPSA) is 81.0 Å². The second-order valence-electron chi connectivity index (χ2n) is 6.12. The van der Waals surface area contributed by atoms with E-state index in [1.165, 1.54) is 0 Å². The number of hydrogen-bond donors (Lipinski definition) is 1. The van der Waals surface area contributed by atoms with Crippen LogP contribution in [0.15, 0.2) is 24.5 Å². The van der Waals surface area contributed by atoms with Crippen LogP contribution in [0.2, 0.25) is 0 Å². The van der Waals surface area contributed by atoms with Crippen LogP contribution in [0.25, 0.3) is 5.65 Å². The van der Waals surface area contributed by atoms with Crippen LogP contribution >= 0.6 is 0 Å². The Labute approximate surface area is 139 Å². The van der Waals surface area contributed by atoms with Gasteiger partial charge in [0.15, 0.2) is 11.8 Å². The maximum Gasteiger partial charge on any atom is 0.251 e. The first-order valence-corrected chi connectivity index (χ1v) is 8.35. The number of nitrogens with zero attached hydrogens (tertiary/aromatic N) is 4. The molecule has 1 unspecified atom stereocenters. The van der Waals surface area contributed by atoms with Crippen LogP contribution < -0.4 is 10.2 Å². The van der Waals surface area contributed by atoms with Crippen molar-refractivity contribution in [3.05, 3.63) is 24.5 Å². The Kier molecular flexibility index (Phi) is 4.31. The molecule has 2 aromatic heterocycles. The van der Waals surface area contributed by atoms with Gasteiger partial charge in [-0.1, -0.05) is 0 Å². The molecule has 8 heteroatoms. The molecule has 1 amide bonds. The molecule has 0 spiro atoms. The summed E-state index contributed by atoms with van der Waals surface area (Å²) in [6.45, 7) is 3.15. The van der Waals surface area contributed by atoms with Crippen LogP contribution in [0.5, 0.6) is 0 Å². The Morgan fingerprint density at radius 2 is 2.12 bits per heavy atom. The number of rotatable bonds is 3. The van der Waals surface area contributed by atoms with Gasteiger partial charge in [0.2, 0.25) is 0 Å². The van der Waals surface area contributed by atoms with Gasteiger partial charge in [-0.3, -0.25) is 4.79 Å². The summed E-state index contributed by atoms with van der Waals surface area (Å²) in [6.07, 6.45) is 4.85. The Morgan fingerprint density at radius 3 is 3.00 bits per heavy atom. The first-order valence-electron chi connectivity index (χ1n) is 8.35. The summed E-state index contributed by atoms with van der Waals surface area (Å²) < 4.78 is 12.7. The van der Waals surface area contributed by atoms with E-state index < -0.39 is 6.10 Å². The molecule has 128 valence electrons. The zero-order valence-electron chi connectivity index (χ0n) is 13.4. The maximum absolute atomic E-state index is 12.5. The summed E-state index contributed by atoms with van der Waals surface area (Å²) in [5.41, 5.74) is 0.794. The Balaban J connectivity index is 1.41. The van der Waals surface area contributed by atoms with Gasteiger partial charge >= 0.3 is 0 Å². The number of anilines is 1. The third-order valence-corrected chi connectivity index (χ3v) is 4.49. The lowest BCUT2D eigenvalue weighted by Gasteiger charge is -2.34. The van der Waals surface area contributed by atoms with Gasteiger partial charge < -0.3 is 19.7 Å². The van der Waals surface area contributed by atoms with Gasteiger partial charge in [0.25, 0.3) is 5.91 Å². The second-order valence-corrected chi connectivity index (χ2v) is 6.12. The molecule has 4 rings (SSSR count). The van der Waals surface area contributed by atoms with Gasteiger partial charge in [0.05, 0.1) is 19.3 Å². The van der Waals surface area contributed by atoms with Crippen molar-refractivity contribution in [3.8, 4) is 0 Å². The number of carbonyl (C=O) groups excluding carboxylic acids is 1. The first kappa shape index (κ1) is 15.3. The normalized spacial score (nSPS) is 22.7. The van der Waals surface area contributed by atoms with Crippen LogP contribution in [0.1, 0.15) is 12.8 Å². The van der Waals surface area contributed by atoms with Gasteiger partial charge in [0, 0.05) is 38.1 Å². The zero-order chi connectivity index (χ0) is 16.4. The van der Waals surface area contributed by atoms with Crippen molar-refractivity contribution in [2.75, 3.05) is 37.8 Å². The minimum absolute atomic E-state index is 0.0444. The average Bonchev–Trinajstić information content (AvgIpc) is 3.10. The van der Waals surface area contributed by atoms with E-state index in [1.54, 1.807) is 10.7 Å². The van der Waals surface area contributed by atoms with E-state index in [2.05, 4.69) is 20.3 Å². The van der Waals surface area contributed by atoms with Gasteiger partial charge in [0.1, 0.15) is 5.82 Å². The fraction of sp³-hybridized carbons (Fsp3) is 0.562. The highest BCUT2D eigenvalue weighted by Gasteiger charge is 2.29. The lowest BCUT2D eigenvalue weighted by molar-refractivity contribution is -0.134. The number of nitrogens with one attached hydrogen (secondary N) is 1. The Hall–Kier alpha value is -2.19. The molecule has 0 saturated carbocycles. The van der Waals surface area contributed by atoms with E-state index in [-0.39, 0.29) is 11.9 Å². The Morgan fingerprint density at radius 1 is 1.25 bits per heavy atom. The van der Waals surface area contributed by atoms with Crippen molar-refractivity contribution in [1.29, 1.82) is 0 Å². The standard InChI is InChI=1S/C16H21N5O3/c22-16(18-12-3-8-23-9-4-12)13-11-20(7-10-24-13)14-2-6-21-15(19-14)1-5-17-21/h1-2,5-6,12-13H,3-4,7-11H2,(H,18,22). The molecule has 8 nitrogen and oxygen atoms in total. The van der Waals surface area contributed by atoms with Gasteiger partial charge in [-0.2, -0.15) is 5.10 Å². The van der Waals surface area contributed by atoms with Crippen LogP contribution in [-0.4, -0.2) is 65.6 Å². The number of carbonyl (C=O) groups is 1. The number of hydrogen-bond acceptors (Lipinski definition) is 6. The SMILES string of the molecule is O=C(NC1CCOCC1)C1CN(c2ccn3nccc3n2)CCO1. The van der Waals surface area contributed by atoms with E-state index >= 15 is 0 Å². The van der Waals surface area contributed by atoms with Crippen molar-refractivity contribution in [2.45, 2.75) is 25.0 Å². The van der Waals surface area contributed by atoms with E-state index in [0.29, 0.717) is 26.4 Å². The summed E-state index contributed by atoms with van der Waals surface area (Å²) in [6, 6.07) is 3.96. The third-order valence-electron chi connectivity index (χ3n) is 4.49. The van der Waals surface area contributed by atoms with Gasteiger partial charge in [-0.05, 0) is 18.9 Å². The molecule has 2 aliphatic rings. The minimum Gasteiger partial charge on any atom is -0.381 e. The number of ether oxygens (including phenoxy) is 2. The highest BCUT2D eigenvalue weighted by Crippen LogP contribution is 2.17. The molecule has 1 N–H and O–H groups in total. The summed E-state index contributed by atoms with van der Waals surface area (Å²) in [4.78, 5) is 19.2. The van der Waals surface area contributed by atoms with Crippen LogP contribution in [0.3, 0.4) is 0 Å². The van der Waals surface area contributed by atoms with E-state index in [0.717, 1.165) is 30.9 Å².